The molecule has 0 unspecified atom stereocenters. The van der Waals surface area contributed by atoms with E-state index in [9.17, 15) is 9.59 Å². The molecule has 1 saturated heterocycles. The monoisotopic (exact) mass is 233 g/mol. The van der Waals surface area contributed by atoms with E-state index < -0.39 is 17.4 Å². The first-order chi connectivity index (χ1) is 8.09. The first-order valence-electron chi connectivity index (χ1n) is 5.60. The van der Waals surface area contributed by atoms with Crippen molar-refractivity contribution in [1.82, 2.24) is 4.90 Å². The molecule has 2 rings (SSSR count). The summed E-state index contributed by atoms with van der Waals surface area (Å²) in [4.78, 5) is 24.5. The van der Waals surface area contributed by atoms with Gasteiger partial charge in [0.25, 0.3) is 0 Å². The van der Waals surface area contributed by atoms with Crippen LogP contribution in [0.3, 0.4) is 0 Å². The van der Waals surface area contributed by atoms with Crippen molar-refractivity contribution in [1.29, 1.82) is 0 Å². The molecule has 1 aliphatic carbocycles. The fraction of sp³-hybridized carbons (Fsp3) is 0.385. The lowest BCUT2D eigenvalue weighted by molar-refractivity contribution is -0.141. The van der Waals surface area contributed by atoms with Gasteiger partial charge in [-0.15, -0.1) is 6.58 Å². The Balaban J connectivity index is 2.25. The van der Waals surface area contributed by atoms with E-state index in [1.807, 2.05) is 24.3 Å². The molecule has 2 atom stereocenters. The van der Waals surface area contributed by atoms with Crippen molar-refractivity contribution in [2.45, 2.75) is 18.4 Å². The number of carbonyl (C=O) groups is 2. The summed E-state index contributed by atoms with van der Waals surface area (Å²) in [5.74, 6) is -1.62. The molecule has 0 aromatic rings. The van der Waals surface area contributed by atoms with Crippen LogP contribution in [0, 0.1) is 5.92 Å². The van der Waals surface area contributed by atoms with E-state index in [1.165, 1.54) is 0 Å². The molecule has 0 saturated carbocycles. The van der Waals surface area contributed by atoms with Gasteiger partial charge in [0.15, 0.2) is 0 Å². The summed E-state index contributed by atoms with van der Waals surface area (Å²) >= 11 is 0. The van der Waals surface area contributed by atoms with Crippen molar-refractivity contribution >= 4 is 11.9 Å². The number of amides is 1. The van der Waals surface area contributed by atoms with Gasteiger partial charge in [0, 0.05) is 13.0 Å². The lowest BCUT2D eigenvalue weighted by Gasteiger charge is -2.37. The van der Waals surface area contributed by atoms with Crippen molar-refractivity contribution in [3.8, 4) is 0 Å². The van der Waals surface area contributed by atoms with Crippen LogP contribution in [0.4, 0.5) is 0 Å². The lowest BCUT2D eigenvalue weighted by Crippen LogP contribution is -2.47. The van der Waals surface area contributed by atoms with Crippen LogP contribution in [-0.2, 0) is 9.59 Å². The number of aliphatic carboxylic acids is 1. The topological polar surface area (TPSA) is 57.6 Å². The smallest absolute Gasteiger partial charge is 0.308 e. The Morgan fingerprint density at radius 1 is 1.59 bits per heavy atom. The number of allylic oxidation sites excluding steroid dienone is 2. The van der Waals surface area contributed by atoms with Crippen LogP contribution in [0.25, 0.3) is 0 Å². The number of hydrogen-bond donors (Lipinski definition) is 1. The van der Waals surface area contributed by atoms with Gasteiger partial charge in [-0.2, -0.15) is 0 Å². The number of nitrogens with zero attached hydrogens (tertiary/aromatic N) is 1. The minimum atomic E-state index is -0.907. The molecule has 0 bridgehead atoms. The number of carboxylic acid groups (broad SMARTS) is 1. The Hall–Kier alpha value is -1.84. The van der Waals surface area contributed by atoms with E-state index in [2.05, 4.69) is 6.58 Å². The van der Waals surface area contributed by atoms with Crippen molar-refractivity contribution in [2.24, 2.45) is 5.92 Å². The fourth-order valence-corrected chi connectivity index (χ4v) is 2.36. The van der Waals surface area contributed by atoms with E-state index >= 15 is 0 Å². The largest absolute Gasteiger partial charge is 0.481 e. The molecule has 0 aromatic carbocycles. The maximum Gasteiger partial charge on any atom is 0.308 e. The van der Waals surface area contributed by atoms with Crippen LogP contribution in [-0.4, -0.2) is 34.0 Å². The standard InChI is InChI=1S/C13H15NO3/c1-2-13(6-4-3-5-7-13)14-9-10(12(16)17)8-11(14)15/h2-6,10H,1,7-9H2,(H,16,17)/t10-,13-/m1/s1. The molecular formula is C13H15NO3. The molecule has 1 fully saturated rings. The maximum absolute atomic E-state index is 11.9. The first-order valence-corrected chi connectivity index (χ1v) is 5.60. The Kier molecular flexibility index (Phi) is 2.88. The number of carboxylic acids is 1. The minimum Gasteiger partial charge on any atom is -0.481 e. The molecule has 1 heterocycles. The summed E-state index contributed by atoms with van der Waals surface area (Å²) in [5, 5.41) is 8.97. The molecule has 1 amide bonds. The molecule has 90 valence electrons. The molecule has 0 radical (unpaired) electrons. The highest BCUT2D eigenvalue weighted by molar-refractivity contribution is 5.87. The van der Waals surface area contributed by atoms with Crippen LogP contribution in [0.15, 0.2) is 37.0 Å². The molecule has 2 aliphatic rings. The Morgan fingerprint density at radius 3 is 2.82 bits per heavy atom. The number of rotatable bonds is 3. The Morgan fingerprint density at radius 2 is 2.35 bits per heavy atom. The minimum absolute atomic E-state index is 0.0858. The van der Waals surface area contributed by atoms with Crippen LogP contribution in [0.5, 0.6) is 0 Å². The van der Waals surface area contributed by atoms with Gasteiger partial charge in [-0.3, -0.25) is 9.59 Å². The highest BCUT2D eigenvalue weighted by atomic mass is 16.4. The quantitative estimate of drug-likeness (QED) is 0.749. The molecule has 4 heteroatoms. The SMILES string of the molecule is C=C[C@@]1(N2C[C@H](C(=O)O)CC2=O)C=CC=CC1. The molecule has 1 N–H and O–H groups in total. The van der Waals surface area contributed by atoms with Gasteiger partial charge in [0.1, 0.15) is 0 Å². The third-order valence-electron chi connectivity index (χ3n) is 3.41. The van der Waals surface area contributed by atoms with Crippen molar-refractivity contribution < 1.29 is 14.7 Å². The zero-order valence-electron chi connectivity index (χ0n) is 9.50. The predicted octanol–water partition coefficient (Wildman–Crippen LogP) is 1.36. The highest BCUT2D eigenvalue weighted by Gasteiger charge is 2.43. The van der Waals surface area contributed by atoms with Crippen LogP contribution in [0.1, 0.15) is 12.8 Å². The zero-order valence-corrected chi connectivity index (χ0v) is 9.50. The maximum atomic E-state index is 11.9. The van der Waals surface area contributed by atoms with E-state index in [1.54, 1.807) is 11.0 Å². The number of likely N-dealkylation sites (tertiary alicyclic amines) is 1. The van der Waals surface area contributed by atoms with E-state index in [4.69, 9.17) is 5.11 Å². The molecule has 0 aromatic heterocycles. The second kappa shape index (κ2) is 4.20. The van der Waals surface area contributed by atoms with Crippen LogP contribution in [0.2, 0.25) is 0 Å². The average Bonchev–Trinajstić information content (AvgIpc) is 2.73. The lowest BCUT2D eigenvalue weighted by atomic mass is 9.89. The summed E-state index contributed by atoms with van der Waals surface area (Å²) in [6.45, 7) is 4.04. The summed E-state index contributed by atoms with van der Waals surface area (Å²) in [6.07, 6.45) is 10.1. The highest BCUT2D eigenvalue weighted by Crippen LogP contribution is 2.33. The van der Waals surface area contributed by atoms with E-state index in [0.717, 1.165) is 0 Å². The molecular weight excluding hydrogens is 218 g/mol. The van der Waals surface area contributed by atoms with Gasteiger partial charge in [-0.05, 0) is 6.42 Å². The second-order valence-corrected chi connectivity index (χ2v) is 4.43. The van der Waals surface area contributed by atoms with Gasteiger partial charge in [-0.25, -0.2) is 0 Å². The van der Waals surface area contributed by atoms with Crippen LogP contribution >= 0.6 is 0 Å². The van der Waals surface area contributed by atoms with E-state index in [-0.39, 0.29) is 18.9 Å². The van der Waals surface area contributed by atoms with Crippen molar-refractivity contribution in [2.75, 3.05) is 6.54 Å². The Bertz CT molecular complexity index is 424. The third kappa shape index (κ3) is 1.90. The van der Waals surface area contributed by atoms with Crippen molar-refractivity contribution in [3.63, 3.8) is 0 Å². The molecule has 1 aliphatic heterocycles. The van der Waals surface area contributed by atoms with Gasteiger partial charge in [0.05, 0.1) is 11.5 Å². The van der Waals surface area contributed by atoms with E-state index in [0.29, 0.717) is 6.42 Å². The first kappa shape index (κ1) is 11.6. The fourth-order valence-electron chi connectivity index (χ4n) is 2.36. The van der Waals surface area contributed by atoms with Crippen molar-refractivity contribution in [3.05, 3.63) is 37.0 Å². The summed E-state index contributed by atoms with van der Waals surface area (Å²) in [6, 6.07) is 0. The summed E-state index contributed by atoms with van der Waals surface area (Å²) < 4.78 is 0. The average molecular weight is 233 g/mol. The predicted molar refractivity (Wildman–Crippen MR) is 63.3 cm³/mol. The molecule has 4 nitrogen and oxygen atoms in total. The molecule has 17 heavy (non-hydrogen) atoms. The van der Waals surface area contributed by atoms with Gasteiger partial charge in [0.2, 0.25) is 5.91 Å². The Labute approximate surface area is 99.9 Å². The molecule has 0 spiro atoms. The number of hydrogen-bond acceptors (Lipinski definition) is 2. The van der Waals surface area contributed by atoms with Gasteiger partial charge in [-0.1, -0.05) is 30.4 Å². The number of carbonyl (C=O) groups excluding carboxylic acids is 1. The zero-order chi connectivity index (χ0) is 12.5. The second-order valence-electron chi connectivity index (χ2n) is 4.43. The van der Waals surface area contributed by atoms with Crippen LogP contribution < -0.4 is 0 Å². The normalized spacial score (nSPS) is 31.9. The van der Waals surface area contributed by atoms with Gasteiger partial charge >= 0.3 is 5.97 Å². The third-order valence-corrected chi connectivity index (χ3v) is 3.41. The summed E-state index contributed by atoms with van der Waals surface area (Å²) in [7, 11) is 0. The summed E-state index contributed by atoms with van der Waals surface area (Å²) in [5.41, 5.74) is -0.546. The van der Waals surface area contributed by atoms with Gasteiger partial charge < -0.3 is 10.0 Å².